The third-order valence-corrected chi connectivity index (χ3v) is 7.90. The smallest absolute Gasteiger partial charge is 0.272 e. The molecule has 4 aromatic rings. The summed E-state index contributed by atoms with van der Waals surface area (Å²) in [6.07, 6.45) is 5.32. The van der Waals surface area contributed by atoms with Gasteiger partial charge in [0, 0.05) is 45.9 Å². The highest BCUT2D eigenvalue weighted by Crippen LogP contribution is 2.36. The number of nitrogens with zero attached hydrogens (tertiary/aromatic N) is 1. The van der Waals surface area contributed by atoms with Crippen LogP contribution < -0.4 is 30.2 Å². The normalized spacial score (nSPS) is 11.6. The van der Waals surface area contributed by atoms with E-state index in [0.29, 0.717) is 46.2 Å². The van der Waals surface area contributed by atoms with Gasteiger partial charge in [-0.3, -0.25) is 19.4 Å². The van der Waals surface area contributed by atoms with Crippen LogP contribution in [-0.4, -0.2) is 49.3 Å². The zero-order chi connectivity index (χ0) is 32.2. The molecule has 0 spiro atoms. The Morgan fingerprint density at radius 3 is 2.16 bits per heavy atom. The van der Waals surface area contributed by atoms with Crippen LogP contribution in [0.1, 0.15) is 29.3 Å². The van der Waals surface area contributed by atoms with E-state index in [4.69, 9.17) is 14.2 Å². The Morgan fingerprint density at radius 2 is 1.49 bits per heavy atom. The van der Waals surface area contributed by atoms with Crippen LogP contribution >= 0.6 is 11.8 Å². The molecular weight excluding hydrogens is 592 g/mol. The maximum absolute atomic E-state index is 13.7. The number of carbonyl (C=O) groups is 3. The first-order valence-electron chi connectivity index (χ1n) is 14.0. The number of carbonyl (C=O) groups excluding carboxylic acids is 3. The number of rotatable bonds is 13. The lowest BCUT2D eigenvalue weighted by Crippen LogP contribution is -2.30. The lowest BCUT2D eigenvalue weighted by molar-refractivity contribution is -0.116. The molecule has 0 radical (unpaired) electrons. The van der Waals surface area contributed by atoms with Gasteiger partial charge in [0.25, 0.3) is 11.8 Å². The molecule has 0 bridgehead atoms. The first kappa shape index (κ1) is 32.6. The summed E-state index contributed by atoms with van der Waals surface area (Å²) in [5.41, 5.74) is 1.97. The highest BCUT2D eigenvalue weighted by Gasteiger charge is 2.20. The number of benzene rings is 3. The zero-order valence-corrected chi connectivity index (χ0v) is 26.1. The van der Waals surface area contributed by atoms with Crippen molar-refractivity contribution in [3.63, 3.8) is 0 Å². The third kappa shape index (κ3) is 8.87. The highest BCUT2D eigenvalue weighted by atomic mass is 32.2. The van der Waals surface area contributed by atoms with E-state index in [1.165, 1.54) is 39.2 Å². The average molecular weight is 627 g/mol. The summed E-state index contributed by atoms with van der Waals surface area (Å²) in [4.78, 5) is 44.5. The third-order valence-electron chi connectivity index (χ3n) is 6.55. The summed E-state index contributed by atoms with van der Waals surface area (Å²) < 4.78 is 16.3. The van der Waals surface area contributed by atoms with Crippen molar-refractivity contribution < 1.29 is 28.6 Å². The molecule has 1 atom stereocenters. The number of aromatic nitrogens is 1. The van der Waals surface area contributed by atoms with E-state index in [0.717, 1.165) is 4.90 Å². The van der Waals surface area contributed by atoms with Gasteiger partial charge in [-0.2, -0.15) is 0 Å². The van der Waals surface area contributed by atoms with Crippen LogP contribution in [-0.2, 0) is 9.59 Å². The van der Waals surface area contributed by atoms with Gasteiger partial charge in [-0.1, -0.05) is 31.2 Å². The summed E-state index contributed by atoms with van der Waals surface area (Å²) in [5, 5.41) is 8.14. The van der Waals surface area contributed by atoms with Crippen LogP contribution in [0, 0.1) is 0 Å². The van der Waals surface area contributed by atoms with Crippen molar-refractivity contribution in [1.29, 1.82) is 0 Å². The Labute approximate surface area is 266 Å². The van der Waals surface area contributed by atoms with Gasteiger partial charge in [-0.25, -0.2) is 0 Å². The van der Waals surface area contributed by atoms with Crippen molar-refractivity contribution in [1.82, 2.24) is 10.3 Å². The quantitative estimate of drug-likeness (QED) is 0.121. The number of anilines is 2. The molecule has 0 aliphatic rings. The van der Waals surface area contributed by atoms with Crippen molar-refractivity contribution >= 4 is 46.9 Å². The number of amides is 3. The number of hydrogen-bond donors (Lipinski definition) is 3. The van der Waals surface area contributed by atoms with E-state index in [1.807, 2.05) is 13.0 Å². The van der Waals surface area contributed by atoms with Crippen LogP contribution in [0.4, 0.5) is 11.4 Å². The Bertz CT molecular complexity index is 1660. The summed E-state index contributed by atoms with van der Waals surface area (Å²) in [6.45, 7) is 1.93. The molecule has 0 aliphatic heterocycles. The maximum atomic E-state index is 13.7. The second-order valence-corrected chi connectivity index (χ2v) is 10.8. The summed E-state index contributed by atoms with van der Waals surface area (Å²) in [7, 11) is 4.50. The number of ether oxygens (including phenoxy) is 3. The number of pyridine rings is 1. The molecule has 0 saturated heterocycles. The van der Waals surface area contributed by atoms with E-state index in [9.17, 15) is 14.4 Å². The predicted molar refractivity (Wildman–Crippen MR) is 176 cm³/mol. The van der Waals surface area contributed by atoms with E-state index in [-0.39, 0.29) is 16.9 Å². The fourth-order valence-corrected chi connectivity index (χ4v) is 5.27. The van der Waals surface area contributed by atoms with Crippen LogP contribution in [0.5, 0.6) is 17.2 Å². The molecule has 3 aromatic carbocycles. The fraction of sp³-hybridized carbons (Fsp3) is 0.176. The highest BCUT2D eigenvalue weighted by molar-refractivity contribution is 8.00. The molecule has 0 saturated carbocycles. The largest absolute Gasteiger partial charge is 0.496 e. The van der Waals surface area contributed by atoms with Gasteiger partial charge in [0.2, 0.25) is 5.91 Å². The first-order chi connectivity index (χ1) is 21.8. The number of hydrogen-bond acceptors (Lipinski definition) is 8. The average Bonchev–Trinajstić information content (AvgIpc) is 3.07. The van der Waals surface area contributed by atoms with Crippen LogP contribution in [0.25, 0.3) is 6.08 Å². The van der Waals surface area contributed by atoms with Crippen LogP contribution in [0.15, 0.2) is 102 Å². The van der Waals surface area contributed by atoms with Crippen molar-refractivity contribution in [3.8, 4) is 17.2 Å². The van der Waals surface area contributed by atoms with Crippen molar-refractivity contribution in [2.24, 2.45) is 0 Å². The second-order valence-electron chi connectivity index (χ2n) is 9.55. The maximum Gasteiger partial charge on any atom is 0.272 e. The van der Waals surface area contributed by atoms with Crippen LogP contribution in [0.3, 0.4) is 0 Å². The molecule has 4 rings (SSSR count). The minimum absolute atomic E-state index is 0.0319. The van der Waals surface area contributed by atoms with E-state index < -0.39 is 11.8 Å². The lowest BCUT2D eigenvalue weighted by atomic mass is 10.1. The first-order valence-corrected chi connectivity index (χ1v) is 14.9. The zero-order valence-electron chi connectivity index (χ0n) is 25.3. The SMILES string of the molecule is CCC(Sc1cccc(NC(=O)/C(=C\c2cc(OC)c(OC)cc2OC)NC(=O)c2ccccc2)c1)C(=O)Nc1ccncc1. The Kier molecular flexibility index (Phi) is 11.6. The summed E-state index contributed by atoms with van der Waals surface area (Å²) in [5.74, 6) is 0.0936. The molecule has 232 valence electrons. The van der Waals surface area contributed by atoms with Crippen LogP contribution in [0.2, 0.25) is 0 Å². The molecule has 1 heterocycles. The molecule has 0 aliphatic carbocycles. The molecule has 1 unspecified atom stereocenters. The molecule has 1 aromatic heterocycles. The van der Waals surface area contributed by atoms with E-state index in [2.05, 4.69) is 20.9 Å². The van der Waals surface area contributed by atoms with Gasteiger partial charge in [0.05, 0.1) is 26.6 Å². The van der Waals surface area contributed by atoms with Gasteiger partial charge in [0.15, 0.2) is 11.5 Å². The molecular formula is C34H34N4O6S. The van der Waals surface area contributed by atoms with Gasteiger partial charge in [-0.05, 0) is 61.0 Å². The molecule has 0 fully saturated rings. The predicted octanol–water partition coefficient (Wildman–Crippen LogP) is 6.03. The minimum atomic E-state index is -0.569. The van der Waals surface area contributed by atoms with Gasteiger partial charge < -0.3 is 30.2 Å². The van der Waals surface area contributed by atoms with Crippen molar-refractivity contribution in [3.05, 3.63) is 108 Å². The van der Waals surface area contributed by atoms with E-state index >= 15 is 0 Å². The fourth-order valence-electron chi connectivity index (χ4n) is 4.25. The topological polar surface area (TPSA) is 128 Å². The number of thioether (sulfide) groups is 1. The summed E-state index contributed by atoms with van der Waals surface area (Å²) >= 11 is 1.38. The van der Waals surface area contributed by atoms with Crippen molar-refractivity contribution in [2.45, 2.75) is 23.5 Å². The lowest BCUT2D eigenvalue weighted by Gasteiger charge is -2.16. The molecule has 3 amide bonds. The van der Waals surface area contributed by atoms with Gasteiger partial charge in [-0.15, -0.1) is 11.8 Å². The van der Waals surface area contributed by atoms with Gasteiger partial charge >= 0.3 is 0 Å². The molecule has 45 heavy (non-hydrogen) atoms. The van der Waals surface area contributed by atoms with E-state index in [1.54, 1.807) is 85.2 Å². The molecule has 11 heteroatoms. The molecule has 3 N–H and O–H groups in total. The second kappa shape index (κ2) is 16.0. The summed E-state index contributed by atoms with van der Waals surface area (Å²) in [6, 6.07) is 22.5. The van der Waals surface area contributed by atoms with Gasteiger partial charge in [0.1, 0.15) is 11.4 Å². The Balaban J connectivity index is 1.60. The number of methoxy groups -OCH3 is 3. The van der Waals surface area contributed by atoms with Crippen molar-refractivity contribution in [2.75, 3.05) is 32.0 Å². The standard InChI is InChI=1S/C34H34N4O6S/c1-5-31(34(41)36-24-14-16-35-17-15-24)45-26-13-9-12-25(20-26)37-33(40)27(38-32(39)22-10-7-6-8-11-22)18-23-19-29(43-3)30(44-4)21-28(23)42-2/h6-21,31H,5H2,1-4H3,(H,37,40)(H,38,39)(H,35,36,41)/b27-18+. The molecule has 10 nitrogen and oxygen atoms in total. The Hall–Kier alpha value is -5.29. The Morgan fingerprint density at radius 1 is 0.800 bits per heavy atom. The number of nitrogens with one attached hydrogen (secondary N) is 3. The minimum Gasteiger partial charge on any atom is -0.496 e. The monoisotopic (exact) mass is 626 g/mol.